The van der Waals surface area contributed by atoms with Crippen LogP contribution in [0.3, 0.4) is 0 Å². The van der Waals surface area contributed by atoms with Crippen LogP contribution in [0.2, 0.25) is 5.02 Å². The number of rotatable bonds is 2. The maximum atomic E-state index is 12.8. The van der Waals surface area contributed by atoms with Gasteiger partial charge >= 0.3 is 5.63 Å². The molecular weight excluding hydrogens is 400 g/mol. The van der Waals surface area contributed by atoms with Gasteiger partial charge in [-0.25, -0.2) is 4.79 Å². The number of halogens is 2. The summed E-state index contributed by atoms with van der Waals surface area (Å²) in [6.07, 6.45) is 0. The number of hydrogen-bond acceptors (Lipinski definition) is 2. The number of hydrogen-bond donors (Lipinski definition) is 0. The normalized spacial score (nSPS) is 11.0. The topological polar surface area (TPSA) is 30.2 Å². The molecule has 1 aromatic heterocycles. The van der Waals surface area contributed by atoms with Crippen LogP contribution in [0, 0.1) is 0 Å². The van der Waals surface area contributed by atoms with Crippen LogP contribution in [0.4, 0.5) is 0 Å². The summed E-state index contributed by atoms with van der Waals surface area (Å²) in [5, 5.41) is 1.52. The summed E-state index contributed by atoms with van der Waals surface area (Å²) in [6.45, 7) is 0. The quantitative estimate of drug-likeness (QED) is 0.350. The van der Waals surface area contributed by atoms with Crippen molar-refractivity contribution in [3.63, 3.8) is 0 Å². The van der Waals surface area contributed by atoms with Gasteiger partial charge < -0.3 is 4.42 Å². The van der Waals surface area contributed by atoms with E-state index in [1.807, 2.05) is 66.7 Å². The lowest BCUT2D eigenvalue weighted by atomic mass is 9.93. The molecule has 0 unspecified atom stereocenters. The van der Waals surface area contributed by atoms with Crippen LogP contribution >= 0.6 is 27.5 Å². The van der Waals surface area contributed by atoms with Crippen molar-refractivity contribution < 1.29 is 4.42 Å². The van der Waals surface area contributed by atoms with Crippen LogP contribution in [-0.2, 0) is 0 Å². The van der Waals surface area contributed by atoms with E-state index in [0.29, 0.717) is 16.2 Å². The van der Waals surface area contributed by atoms with Crippen molar-refractivity contribution in [1.82, 2.24) is 0 Å². The Bertz CT molecular complexity index is 1120. The molecule has 25 heavy (non-hydrogen) atoms. The van der Waals surface area contributed by atoms with Crippen molar-refractivity contribution in [2.24, 2.45) is 0 Å². The zero-order chi connectivity index (χ0) is 17.4. The van der Waals surface area contributed by atoms with E-state index in [1.54, 1.807) is 6.07 Å². The van der Waals surface area contributed by atoms with Crippen molar-refractivity contribution in [3.8, 4) is 22.3 Å². The molecule has 0 saturated heterocycles. The first-order valence-corrected chi connectivity index (χ1v) is 8.88. The lowest BCUT2D eigenvalue weighted by Crippen LogP contribution is -2.06. The summed E-state index contributed by atoms with van der Waals surface area (Å²) in [7, 11) is 0. The molecule has 0 amide bonds. The second-order valence-corrected chi connectivity index (χ2v) is 7.01. The van der Waals surface area contributed by atoms with E-state index in [2.05, 4.69) is 15.9 Å². The first kappa shape index (κ1) is 16.1. The van der Waals surface area contributed by atoms with Gasteiger partial charge in [-0.3, -0.25) is 0 Å². The maximum absolute atomic E-state index is 12.8. The third kappa shape index (κ3) is 3.01. The van der Waals surface area contributed by atoms with Gasteiger partial charge in [-0.15, -0.1) is 0 Å². The highest BCUT2D eigenvalue weighted by Crippen LogP contribution is 2.37. The minimum atomic E-state index is -0.356. The molecule has 0 spiro atoms. The fourth-order valence-electron chi connectivity index (χ4n) is 2.96. The van der Waals surface area contributed by atoms with Crippen molar-refractivity contribution >= 4 is 38.5 Å². The SMILES string of the molecule is O=c1oc2ccc(Br)cc2c(-c2ccc(Cl)cc2)c1-c1ccccc1. The molecule has 0 bridgehead atoms. The molecule has 0 aliphatic rings. The van der Waals surface area contributed by atoms with Crippen LogP contribution in [0.25, 0.3) is 33.2 Å². The molecule has 2 nitrogen and oxygen atoms in total. The standard InChI is InChI=1S/C21H12BrClO2/c22-15-8-11-18-17(12-15)19(14-6-9-16(23)10-7-14)20(21(24)25-18)13-4-2-1-3-5-13/h1-12H. The van der Waals surface area contributed by atoms with Crippen molar-refractivity contribution in [1.29, 1.82) is 0 Å². The smallest absolute Gasteiger partial charge is 0.344 e. The van der Waals surface area contributed by atoms with Gasteiger partial charge in [0.2, 0.25) is 0 Å². The molecule has 0 N–H and O–H groups in total. The van der Waals surface area contributed by atoms with Gasteiger partial charge in [-0.05, 0) is 41.5 Å². The van der Waals surface area contributed by atoms with E-state index >= 15 is 0 Å². The molecule has 122 valence electrons. The summed E-state index contributed by atoms with van der Waals surface area (Å²) >= 11 is 9.55. The van der Waals surface area contributed by atoms with Crippen LogP contribution in [0.15, 0.2) is 86.5 Å². The molecule has 4 heteroatoms. The second kappa shape index (κ2) is 6.51. The molecule has 3 aromatic carbocycles. The van der Waals surface area contributed by atoms with Crippen LogP contribution < -0.4 is 5.63 Å². The average molecular weight is 412 g/mol. The van der Waals surface area contributed by atoms with Gasteiger partial charge in [0.15, 0.2) is 0 Å². The third-order valence-electron chi connectivity index (χ3n) is 4.06. The summed E-state index contributed by atoms with van der Waals surface area (Å²) in [5.74, 6) is 0. The molecule has 0 radical (unpaired) electrons. The highest BCUT2D eigenvalue weighted by atomic mass is 79.9. The Morgan fingerprint density at radius 3 is 2.20 bits per heavy atom. The minimum Gasteiger partial charge on any atom is -0.422 e. The largest absolute Gasteiger partial charge is 0.422 e. The zero-order valence-corrected chi connectivity index (χ0v) is 15.3. The van der Waals surface area contributed by atoms with Crippen LogP contribution in [-0.4, -0.2) is 0 Å². The van der Waals surface area contributed by atoms with E-state index < -0.39 is 0 Å². The Hall–Kier alpha value is -2.36. The predicted octanol–water partition coefficient (Wildman–Crippen LogP) is 6.54. The average Bonchev–Trinajstić information content (AvgIpc) is 2.63. The van der Waals surface area contributed by atoms with Crippen LogP contribution in [0.5, 0.6) is 0 Å². The number of fused-ring (bicyclic) bond motifs is 1. The van der Waals surface area contributed by atoms with Gasteiger partial charge in [0.25, 0.3) is 0 Å². The minimum absolute atomic E-state index is 0.356. The second-order valence-electron chi connectivity index (χ2n) is 5.65. The molecule has 0 aliphatic heterocycles. The zero-order valence-electron chi connectivity index (χ0n) is 13.0. The monoisotopic (exact) mass is 410 g/mol. The van der Waals surface area contributed by atoms with Crippen molar-refractivity contribution in [2.45, 2.75) is 0 Å². The van der Waals surface area contributed by atoms with E-state index in [9.17, 15) is 4.79 Å². The summed E-state index contributed by atoms with van der Waals surface area (Å²) in [4.78, 5) is 12.8. The molecule has 4 rings (SSSR count). The summed E-state index contributed by atoms with van der Waals surface area (Å²) < 4.78 is 6.51. The van der Waals surface area contributed by atoms with Gasteiger partial charge in [0.05, 0.1) is 5.56 Å². The highest BCUT2D eigenvalue weighted by Gasteiger charge is 2.18. The Morgan fingerprint density at radius 2 is 1.48 bits per heavy atom. The van der Waals surface area contributed by atoms with Gasteiger partial charge in [0.1, 0.15) is 5.58 Å². The third-order valence-corrected chi connectivity index (χ3v) is 4.81. The lowest BCUT2D eigenvalue weighted by molar-refractivity contribution is 0.564. The predicted molar refractivity (Wildman–Crippen MR) is 106 cm³/mol. The van der Waals surface area contributed by atoms with Gasteiger partial charge in [-0.2, -0.15) is 0 Å². The Balaban J connectivity index is 2.17. The lowest BCUT2D eigenvalue weighted by Gasteiger charge is -2.12. The Morgan fingerprint density at radius 1 is 0.800 bits per heavy atom. The van der Waals surface area contributed by atoms with E-state index in [-0.39, 0.29) is 5.63 Å². The van der Waals surface area contributed by atoms with Gasteiger partial charge in [0, 0.05) is 20.4 Å². The fraction of sp³-hybridized carbons (Fsp3) is 0. The van der Waals surface area contributed by atoms with Crippen molar-refractivity contribution in [2.75, 3.05) is 0 Å². The first-order chi connectivity index (χ1) is 12.1. The van der Waals surface area contributed by atoms with E-state index in [0.717, 1.165) is 26.5 Å². The maximum Gasteiger partial charge on any atom is 0.344 e. The van der Waals surface area contributed by atoms with Gasteiger partial charge in [-0.1, -0.05) is 70.0 Å². The fourth-order valence-corrected chi connectivity index (χ4v) is 3.44. The number of benzene rings is 3. The molecule has 1 heterocycles. The Kier molecular flexibility index (Phi) is 4.20. The molecule has 0 saturated carbocycles. The Labute approximate surface area is 157 Å². The van der Waals surface area contributed by atoms with Crippen LogP contribution in [0.1, 0.15) is 0 Å². The van der Waals surface area contributed by atoms with E-state index in [1.165, 1.54) is 0 Å². The molecular formula is C21H12BrClO2. The summed E-state index contributed by atoms with van der Waals surface area (Å²) in [5.41, 5.74) is 3.33. The van der Waals surface area contributed by atoms with Crippen molar-refractivity contribution in [3.05, 3.63) is 92.7 Å². The molecule has 0 atom stereocenters. The highest BCUT2D eigenvalue weighted by molar-refractivity contribution is 9.10. The molecule has 0 aliphatic carbocycles. The van der Waals surface area contributed by atoms with E-state index in [4.69, 9.17) is 16.0 Å². The molecule has 4 aromatic rings. The molecule has 0 fully saturated rings. The summed E-state index contributed by atoms with van der Waals surface area (Å²) in [6, 6.07) is 22.7. The first-order valence-electron chi connectivity index (χ1n) is 7.71.